The van der Waals surface area contributed by atoms with Crippen LogP contribution in [0, 0.1) is 0 Å². The minimum atomic E-state index is 0.0626. The van der Waals surface area contributed by atoms with E-state index in [-0.39, 0.29) is 5.92 Å². The van der Waals surface area contributed by atoms with Gasteiger partial charge in [0.25, 0.3) is 0 Å². The summed E-state index contributed by atoms with van der Waals surface area (Å²) in [5, 5.41) is 0. The number of aryl methyl sites for hydroxylation is 1. The van der Waals surface area contributed by atoms with Crippen LogP contribution < -0.4 is 0 Å². The summed E-state index contributed by atoms with van der Waals surface area (Å²) in [5.41, 5.74) is 2.62. The van der Waals surface area contributed by atoms with E-state index in [1.54, 1.807) is 11.3 Å². The Labute approximate surface area is 158 Å². The number of carbonyl (C=O) groups excluding carboxylic acids is 1. The molecule has 0 N–H and O–H groups in total. The number of hydrogen-bond donors (Lipinski definition) is 0. The number of thiophene rings is 1. The molecule has 1 aliphatic heterocycles. The Kier molecular flexibility index (Phi) is 5.11. The van der Waals surface area contributed by atoms with Gasteiger partial charge in [0, 0.05) is 37.6 Å². The lowest BCUT2D eigenvalue weighted by Gasteiger charge is -2.37. The summed E-state index contributed by atoms with van der Waals surface area (Å²) >= 11 is 7.66. The number of rotatable bonds is 3. The first-order valence-electron chi connectivity index (χ1n) is 9.04. The van der Waals surface area contributed by atoms with Crippen LogP contribution in [0.4, 0.5) is 0 Å². The van der Waals surface area contributed by atoms with Gasteiger partial charge in [-0.15, -0.1) is 11.3 Å². The quantitative estimate of drug-likeness (QED) is 0.805. The molecule has 2 heterocycles. The number of nitrogens with zero attached hydrogens (tertiary/aromatic N) is 2. The molecule has 0 spiro atoms. The second-order valence-corrected chi connectivity index (χ2v) is 8.75. The highest BCUT2D eigenvalue weighted by atomic mass is 35.5. The summed E-state index contributed by atoms with van der Waals surface area (Å²) < 4.78 is 0.847. The van der Waals surface area contributed by atoms with Gasteiger partial charge in [-0.2, -0.15) is 0 Å². The smallest absolute Gasteiger partial charge is 0.230 e. The molecule has 3 nitrogen and oxygen atoms in total. The Morgan fingerprint density at radius 1 is 1.12 bits per heavy atom. The molecule has 0 radical (unpaired) electrons. The molecule has 5 heteroatoms. The van der Waals surface area contributed by atoms with Crippen LogP contribution in [0.5, 0.6) is 0 Å². The number of halogens is 1. The predicted octanol–water partition coefficient (Wildman–Crippen LogP) is 4.17. The topological polar surface area (TPSA) is 23.6 Å². The van der Waals surface area contributed by atoms with E-state index in [1.807, 2.05) is 6.07 Å². The van der Waals surface area contributed by atoms with Crippen LogP contribution in [-0.4, -0.2) is 41.9 Å². The van der Waals surface area contributed by atoms with Crippen molar-refractivity contribution in [1.29, 1.82) is 0 Å². The normalized spacial score (nSPS) is 21.2. The Hall–Kier alpha value is -1.36. The molecule has 132 valence electrons. The van der Waals surface area contributed by atoms with E-state index in [2.05, 4.69) is 40.1 Å². The Bertz CT molecular complexity index is 752. The van der Waals surface area contributed by atoms with Gasteiger partial charge in [0.15, 0.2) is 0 Å². The van der Waals surface area contributed by atoms with Crippen molar-refractivity contribution < 1.29 is 4.79 Å². The third-order valence-electron chi connectivity index (χ3n) is 5.36. The molecule has 4 rings (SSSR count). The highest BCUT2D eigenvalue weighted by Crippen LogP contribution is 2.33. The van der Waals surface area contributed by atoms with Gasteiger partial charge in [0.2, 0.25) is 5.91 Å². The second-order valence-electron chi connectivity index (χ2n) is 6.95. The van der Waals surface area contributed by atoms with Crippen molar-refractivity contribution in [3.63, 3.8) is 0 Å². The lowest BCUT2D eigenvalue weighted by atomic mass is 9.82. The van der Waals surface area contributed by atoms with Crippen LogP contribution in [0.25, 0.3) is 0 Å². The Morgan fingerprint density at radius 2 is 1.92 bits per heavy atom. The van der Waals surface area contributed by atoms with Crippen molar-refractivity contribution in [2.45, 2.75) is 31.7 Å². The third kappa shape index (κ3) is 3.76. The summed E-state index contributed by atoms with van der Waals surface area (Å²) in [4.78, 5) is 18.9. The van der Waals surface area contributed by atoms with Gasteiger partial charge >= 0.3 is 0 Å². The van der Waals surface area contributed by atoms with Crippen LogP contribution in [0.1, 0.15) is 34.8 Å². The standard InChI is InChI=1S/C20H23ClN2OS/c21-19-9-8-16(25-19)14-22-10-12-23(13-11-22)20(24)18-7-3-5-15-4-1-2-6-17(15)18/h1-2,4,6,8-9,18H,3,5,7,10-14H2. The molecule has 2 aromatic rings. The molecule has 25 heavy (non-hydrogen) atoms. The van der Waals surface area contributed by atoms with Gasteiger partial charge in [-0.25, -0.2) is 0 Å². The maximum Gasteiger partial charge on any atom is 0.230 e. The van der Waals surface area contributed by atoms with Gasteiger partial charge in [-0.3, -0.25) is 9.69 Å². The monoisotopic (exact) mass is 374 g/mol. The highest BCUT2D eigenvalue weighted by Gasteiger charge is 2.31. The minimum absolute atomic E-state index is 0.0626. The van der Waals surface area contributed by atoms with Crippen LogP contribution >= 0.6 is 22.9 Å². The van der Waals surface area contributed by atoms with Crippen LogP contribution in [0.2, 0.25) is 4.34 Å². The fraction of sp³-hybridized carbons (Fsp3) is 0.450. The lowest BCUT2D eigenvalue weighted by molar-refractivity contribution is -0.135. The summed E-state index contributed by atoms with van der Waals surface area (Å²) in [7, 11) is 0. The van der Waals surface area contributed by atoms with Gasteiger partial charge < -0.3 is 4.90 Å². The zero-order valence-corrected chi connectivity index (χ0v) is 15.9. The van der Waals surface area contributed by atoms with Crippen LogP contribution in [0.15, 0.2) is 36.4 Å². The van der Waals surface area contributed by atoms with Gasteiger partial charge in [0.05, 0.1) is 10.3 Å². The zero-order valence-electron chi connectivity index (χ0n) is 14.3. The molecular formula is C20H23ClN2OS. The molecule has 1 atom stereocenters. The minimum Gasteiger partial charge on any atom is -0.340 e. The summed E-state index contributed by atoms with van der Waals surface area (Å²) in [6.45, 7) is 4.48. The van der Waals surface area contributed by atoms with Crippen molar-refractivity contribution in [2.24, 2.45) is 0 Å². The number of piperazine rings is 1. The first kappa shape index (κ1) is 17.1. The van der Waals surface area contributed by atoms with E-state index in [9.17, 15) is 4.79 Å². The number of amides is 1. The summed E-state index contributed by atoms with van der Waals surface area (Å²) in [6, 6.07) is 12.5. The zero-order chi connectivity index (χ0) is 17.2. The molecule has 1 saturated heterocycles. The molecule has 1 aliphatic carbocycles. The molecule has 1 amide bonds. The van der Waals surface area contributed by atoms with E-state index in [0.29, 0.717) is 5.91 Å². The fourth-order valence-corrected chi connectivity index (χ4v) is 5.14. The predicted molar refractivity (Wildman–Crippen MR) is 103 cm³/mol. The molecule has 1 unspecified atom stereocenters. The number of benzene rings is 1. The number of carbonyl (C=O) groups is 1. The third-order valence-corrected chi connectivity index (χ3v) is 6.58. The number of hydrogen-bond acceptors (Lipinski definition) is 3. The molecule has 1 aromatic heterocycles. The van der Waals surface area contributed by atoms with E-state index in [0.717, 1.165) is 56.3 Å². The summed E-state index contributed by atoms with van der Waals surface area (Å²) in [5.74, 6) is 0.388. The van der Waals surface area contributed by atoms with Crippen molar-refractivity contribution in [3.8, 4) is 0 Å². The van der Waals surface area contributed by atoms with Crippen LogP contribution in [0.3, 0.4) is 0 Å². The molecular weight excluding hydrogens is 352 g/mol. The van der Waals surface area contributed by atoms with Crippen molar-refractivity contribution >= 4 is 28.8 Å². The van der Waals surface area contributed by atoms with Gasteiger partial charge in [-0.1, -0.05) is 35.9 Å². The second kappa shape index (κ2) is 7.48. The van der Waals surface area contributed by atoms with Crippen molar-refractivity contribution in [2.75, 3.05) is 26.2 Å². The fourth-order valence-electron chi connectivity index (χ4n) is 4.01. The SMILES string of the molecule is O=C(C1CCCc2ccccc21)N1CCN(Cc2ccc(Cl)s2)CC1. The Morgan fingerprint density at radius 3 is 2.68 bits per heavy atom. The maximum absolute atomic E-state index is 13.1. The average Bonchev–Trinajstić information content (AvgIpc) is 3.06. The molecule has 1 aromatic carbocycles. The van der Waals surface area contributed by atoms with Crippen molar-refractivity contribution in [1.82, 2.24) is 9.80 Å². The molecule has 1 fully saturated rings. The first-order chi connectivity index (χ1) is 12.2. The molecule has 2 aliphatic rings. The van der Waals surface area contributed by atoms with E-state index < -0.39 is 0 Å². The largest absolute Gasteiger partial charge is 0.340 e. The van der Waals surface area contributed by atoms with Gasteiger partial charge in [-0.05, 0) is 42.5 Å². The van der Waals surface area contributed by atoms with E-state index in [4.69, 9.17) is 11.6 Å². The maximum atomic E-state index is 13.1. The summed E-state index contributed by atoms with van der Waals surface area (Å²) in [6.07, 6.45) is 3.22. The van der Waals surface area contributed by atoms with E-state index >= 15 is 0 Å². The van der Waals surface area contributed by atoms with Gasteiger partial charge in [0.1, 0.15) is 0 Å². The first-order valence-corrected chi connectivity index (χ1v) is 10.2. The van der Waals surface area contributed by atoms with Crippen molar-refractivity contribution in [3.05, 3.63) is 56.7 Å². The van der Waals surface area contributed by atoms with Crippen LogP contribution in [-0.2, 0) is 17.8 Å². The lowest BCUT2D eigenvalue weighted by Crippen LogP contribution is -2.49. The number of fused-ring (bicyclic) bond motifs is 1. The molecule has 0 saturated carbocycles. The molecule has 0 bridgehead atoms. The van der Waals surface area contributed by atoms with E-state index in [1.165, 1.54) is 16.0 Å². The Balaban J connectivity index is 1.37. The average molecular weight is 375 g/mol. The highest BCUT2D eigenvalue weighted by molar-refractivity contribution is 7.16.